The summed E-state index contributed by atoms with van der Waals surface area (Å²) in [4.78, 5) is 24.8. The molecule has 0 aliphatic rings. The van der Waals surface area contributed by atoms with E-state index in [4.69, 9.17) is 13.9 Å². The molecule has 1 aromatic heterocycles. The minimum absolute atomic E-state index is 0.135. The molecule has 2 aromatic rings. The number of carboxylic acid groups (broad SMARTS) is 1. The summed E-state index contributed by atoms with van der Waals surface area (Å²) >= 11 is 1.73. The van der Waals surface area contributed by atoms with Crippen molar-refractivity contribution >= 4 is 45.6 Å². The van der Waals surface area contributed by atoms with Crippen molar-refractivity contribution in [2.45, 2.75) is 19.4 Å². The number of aromatic nitrogens is 1. The lowest BCUT2D eigenvalue weighted by molar-refractivity contribution is -0.138. The van der Waals surface area contributed by atoms with E-state index in [9.17, 15) is 9.70 Å². The summed E-state index contributed by atoms with van der Waals surface area (Å²) < 4.78 is 5.24. The number of aliphatic carboxylic acids is 1. The van der Waals surface area contributed by atoms with Gasteiger partial charge >= 0.3 is 5.97 Å². The van der Waals surface area contributed by atoms with Crippen molar-refractivity contribution in [2.75, 3.05) is 0 Å². The van der Waals surface area contributed by atoms with Crippen LogP contribution in [0.1, 0.15) is 11.3 Å². The van der Waals surface area contributed by atoms with Crippen molar-refractivity contribution < 1.29 is 13.0 Å². The van der Waals surface area contributed by atoms with Crippen LogP contribution in [0.5, 0.6) is 5.75 Å². The Morgan fingerprint density at radius 1 is 1.60 bits per heavy atom. The molecule has 0 bridgehead atoms. The van der Waals surface area contributed by atoms with Crippen LogP contribution in [0.15, 0.2) is 17.3 Å². The number of nitrogens with two attached hydrogens (primary N) is 1. The highest BCUT2D eigenvalue weighted by atomic mass is 127. The molecule has 7 nitrogen and oxygen atoms in total. The van der Waals surface area contributed by atoms with Gasteiger partial charge in [-0.2, -0.15) is 0 Å². The maximum absolute atomic E-state index is 10.9. The molecule has 0 aliphatic carbocycles. The monoisotopic (exact) mass is 389 g/mol. The van der Waals surface area contributed by atoms with E-state index in [1.807, 2.05) is 0 Å². The Morgan fingerprint density at radius 2 is 2.30 bits per heavy atom. The average molecular weight is 389 g/mol. The van der Waals surface area contributed by atoms with Gasteiger partial charge in [-0.1, -0.05) is 0 Å². The molecule has 1 heterocycles. The number of hydrogen-bond acceptors (Lipinski definition) is 5. The van der Waals surface area contributed by atoms with E-state index in [1.54, 1.807) is 42.1 Å². The summed E-state index contributed by atoms with van der Waals surface area (Å²) in [6.45, 7) is 1.79. The van der Waals surface area contributed by atoms with Crippen molar-refractivity contribution in [3.63, 3.8) is 0 Å². The molecule has 1 aromatic carbocycles. The molecule has 0 radical (unpaired) electrons. The highest BCUT2D eigenvalue weighted by Gasteiger charge is 2.21. The normalized spacial score (nSPS) is 12.3. The number of nitrogens with zero attached hydrogens (tertiary/aromatic N) is 1. The molecule has 4 N–H and O–H groups in total. The second-order valence-corrected chi connectivity index (χ2v) is 4.82. The van der Waals surface area contributed by atoms with Gasteiger partial charge in [0.25, 0.3) is 0 Å². The Hall–Kier alpha value is -1.68. The Bertz CT molecular complexity index is 683. The first kappa shape index (κ1) is 14.7. The van der Waals surface area contributed by atoms with Crippen LogP contribution in [-0.2, 0) is 11.2 Å². The van der Waals surface area contributed by atoms with Gasteiger partial charge in [-0.3, -0.25) is 4.79 Å². The summed E-state index contributed by atoms with van der Waals surface area (Å²) in [5.41, 5.74) is 7.81. The minimum atomic E-state index is -1.08. The van der Waals surface area contributed by atoms with Gasteiger partial charge in [-0.15, -0.1) is 4.91 Å². The maximum Gasteiger partial charge on any atom is 0.320 e. The standard InChI is InChI=1S/C12H12IN3O4/c1-5-6(4-7(14)12(17)18)10-9(20-13)3-2-8(16-19)11(10)15-5/h2-3,7,15H,4,14H2,1H3,(H,17,18). The van der Waals surface area contributed by atoms with Crippen LogP contribution in [0.2, 0.25) is 0 Å². The number of aromatic amines is 1. The first-order chi connectivity index (χ1) is 9.49. The van der Waals surface area contributed by atoms with Gasteiger partial charge in [-0.25, -0.2) is 0 Å². The van der Waals surface area contributed by atoms with Crippen LogP contribution in [0, 0.1) is 11.8 Å². The number of nitrogens with one attached hydrogen (secondary N) is 1. The largest absolute Gasteiger partial charge is 0.480 e. The summed E-state index contributed by atoms with van der Waals surface area (Å²) in [6.07, 6.45) is 0.135. The quantitative estimate of drug-likeness (QED) is 0.537. The number of H-pyrrole nitrogens is 1. The molecule has 8 heteroatoms. The van der Waals surface area contributed by atoms with Crippen LogP contribution >= 0.6 is 23.0 Å². The number of rotatable bonds is 5. The number of fused-ring (bicyclic) bond motifs is 1. The first-order valence-electron chi connectivity index (χ1n) is 5.74. The first-order valence-corrected chi connectivity index (χ1v) is 6.62. The van der Waals surface area contributed by atoms with Crippen LogP contribution in [0.3, 0.4) is 0 Å². The summed E-state index contributed by atoms with van der Waals surface area (Å²) in [5.74, 6) is -0.551. The van der Waals surface area contributed by atoms with E-state index in [-0.39, 0.29) is 12.1 Å². The lowest BCUT2D eigenvalue weighted by Gasteiger charge is -2.08. The molecule has 0 spiro atoms. The lowest BCUT2D eigenvalue weighted by Crippen LogP contribution is -2.32. The maximum atomic E-state index is 10.9. The third-order valence-electron chi connectivity index (χ3n) is 3.13. The number of nitroso groups, excluding NO2 is 1. The van der Waals surface area contributed by atoms with E-state index in [0.717, 1.165) is 5.69 Å². The third kappa shape index (κ3) is 2.48. The highest BCUT2D eigenvalue weighted by Crippen LogP contribution is 2.38. The van der Waals surface area contributed by atoms with E-state index in [1.165, 1.54) is 0 Å². The molecule has 0 saturated carbocycles. The van der Waals surface area contributed by atoms with Gasteiger partial charge in [0.05, 0.1) is 5.52 Å². The molecule has 1 atom stereocenters. The van der Waals surface area contributed by atoms with Gasteiger partial charge in [0.15, 0.2) is 23.0 Å². The Kier molecular flexibility index (Phi) is 4.23. The van der Waals surface area contributed by atoms with E-state index in [0.29, 0.717) is 22.2 Å². The summed E-state index contributed by atoms with van der Waals surface area (Å²) in [7, 11) is 0. The van der Waals surface area contributed by atoms with Crippen molar-refractivity contribution in [1.82, 2.24) is 4.98 Å². The Labute approximate surface area is 128 Å². The predicted molar refractivity (Wildman–Crippen MR) is 82.5 cm³/mol. The Balaban J connectivity index is 2.67. The molecule has 0 saturated heterocycles. The molecular weight excluding hydrogens is 377 g/mol. The second-order valence-electron chi connectivity index (χ2n) is 4.38. The SMILES string of the molecule is Cc1[nH]c2c(N=O)ccc(OI)c2c1CC(N)C(=O)O. The fraction of sp³-hybridized carbons (Fsp3) is 0.250. The van der Waals surface area contributed by atoms with Gasteiger partial charge in [0, 0.05) is 17.5 Å². The topological polar surface area (TPSA) is 118 Å². The minimum Gasteiger partial charge on any atom is -0.480 e. The zero-order valence-electron chi connectivity index (χ0n) is 10.5. The van der Waals surface area contributed by atoms with Crippen molar-refractivity contribution in [2.24, 2.45) is 10.9 Å². The van der Waals surface area contributed by atoms with Crippen LogP contribution in [-0.4, -0.2) is 22.1 Å². The second kappa shape index (κ2) is 5.75. The third-order valence-corrected chi connectivity index (χ3v) is 3.61. The highest BCUT2D eigenvalue weighted by molar-refractivity contribution is 14.1. The fourth-order valence-corrected chi connectivity index (χ4v) is 2.52. The van der Waals surface area contributed by atoms with Crippen molar-refractivity contribution in [1.29, 1.82) is 0 Å². The van der Waals surface area contributed by atoms with Crippen molar-refractivity contribution in [3.8, 4) is 5.75 Å². The lowest BCUT2D eigenvalue weighted by atomic mass is 10.0. The number of hydrogen-bond donors (Lipinski definition) is 3. The van der Waals surface area contributed by atoms with Crippen molar-refractivity contribution in [3.05, 3.63) is 28.3 Å². The molecule has 0 amide bonds. The van der Waals surface area contributed by atoms with Crippen LogP contribution in [0.4, 0.5) is 5.69 Å². The van der Waals surface area contributed by atoms with Gasteiger partial charge in [0.2, 0.25) is 0 Å². The summed E-state index contributed by atoms with van der Waals surface area (Å²) in [5, 5.41) is 12.5. The molecule has 2 rings (SSSR count). The zero-order chi connectivity index (χ0) is 14.9. The van der Waals surface area contributed by atoms with E-state index < -0.39 is 12.0 Å². The molecular formula is C12H12IN3O4. The number of carboxylic acids is 1. The van der Waals surface area contributed by atoms with E-state index in [2.05, 4.69) is 10.2 Å². The fourth-order valence-electron chi connectivity index (χ4n) is 2.15. The predicted octanol–water partition coefficient (Wildman–Crippen LogP) is 2.56. The number of halogens is 1. The average Bonchev–Trinajstić information content (AvgIpc) is 2.75. The number of benzene rings is 1. The van der Waals surface area contributed by atoms with Crippen LogP contribution < -0.4 is 8.80 Å². The van der Waals surface area contributed by atoms with Gasteiger partial charge in [-0.05, 0) is 29.8 Å². The molecule has 1 unspecified atom stereocenters. The van der Waals surface area contributed by atoms with E-state index >= 15 is 0 Å². The van der Waals surface area contributed by atoms with Crippen LogP contribution in [0.25, 0.3) is 10.9 Å². The smallest absolute Gasteiger partial charge is 0.320 e. The molecule has 0 fully saturated rings. The Morgan fingerprint density at radius 3 is 2.85 bits per heavy atom. The van der Waals surface area contributed by atoms with Gasteiger partial charge in [0.1, 0.15) is 17.5 Å². The zero-order valence-corrected chi connectivity index (χ0v) is 12.7. The molecule has 0 aliphatic heterocycles. The summed E-state index contributed by atoms with van der Waals surface area (Å²) in [6, 6.07) is 2.14. The molecule has 20 heavy (non-hydrogen) atoms. The number of aryl methyl sites for hydroxylation is 1. The van der Waals surface area contributed by atoms with Gasteiger partial charge < -0.3 is 18.9 Å². The number of carbonyl (C=O) groups is 1. The molecule has 106 valence electrons.